The molecule has 0 aliphatic heterocycles. The standard InChI is InChI=1S/C20H16N2O2/c23-19-17(13-7-12-15-8-3-1-4-9-15)21-20(24)18(22-19)14-16-10-5-2-6-11-16/h1-14H,(H,21,24)(H,22,23). The van der Waals surface area contributed by atoms with Crippen molar-refractivity contribution in [3.63, 3.8) is 0 Å². The van der Waals surface area contributed by atoms with Crippen LogP contribution in [0.25, 0.3) is 18.2 Å². The molecule has 0 aliphatic rings. The summed E-state index contributed by atoms with van der Waals surface area (Å²) >= 11 is 0. The molecule has 0 saturated heterocycles. The molecule has 0 amide bonds. The minimum atomic E-state index is -0.338. The molecule has 118 valence electrons. The summed E-state index contributed by atoms with van der Waals surface area (Å²) in [6, 6.07) is 19.1. The van der Waals surface area contributed by atoms with Crippen molar-refractivity contribution < 1.29 is 0 Å². The Morgan fingerprint density at radius 2 is 1.21 bits per heavy atom. The zero-order valence-electron chi connectivity index (χ0n) is 12.9. The summed E-state index contributed by atoms with van der Waals surface area (Å²) in [7, 11) is 0. The van der Waals surface area contributed by atoms with Gasteiger partial charge in [-0.15, -0.1) is 0 Å². The monoisotopic (exact) mass is 316 g/mol. The Kier molecular flexibility index (Phi) is 4.68. The third kappa shape index (κ3) is 3.87. The van der Waals surface area contributed by atoms with Crippen molar-refractivity contribution in [2.45, 2.75) is 0 Å². The topological polar surface area (TPSA) is 65.7 Å². The molecular formula is C20H16N2O2. The predicted molar refractivity (Wildman–Crippen MR) is 96.9 cm³/mol. The lowest BCUT2D eigenvalue weighted by Crippen LogP contribution is -2.46. The van der Waals surface area contributed by atoms with Gasteiger partial charge < -0.3 is 9.97 Å². The Morgan fingerprint density at radius 1 is 0.667 bits per heavy atom. The summed E-state index contributed by atoms with van der Waals surface area (Å²) in [6.07, 6.45) is 6.82. The van der Waals surface area contributed by atoms with Crippen LogP contribution in [0.2, 0.25) is 0 Å². The van der Waals surface area contributed by atoms with Gasteiger partial charge in [0.25, 0.3) is 11.1 Å². The molecule has 0 spiro atoms. The van der Waals surface area contributed by atoms with Crippen molar-refractivity contribution in [2.24, 2.45) is 0 Å². The molecule has 2 N–H and O–H groups in total. The van der Waals surface area contributed by atoms with E-state index in [1.807, 2.05) is 66.7 Å². The fourth-order valence-corrected chi connectivity index (χ4v) is 2.25. The van der Waals surface area contributed by atoms with E-state index < -0.39 is 0 Å². The highest BCUT2D eigenvalue weighted by Crippen LogP contribution is 2.00. The molecule has 0 unspecified atom stereocenters. The Labute approximate surface area is 138 Å². The smallest absolute Gasteiger partial charge is 0.272 e. The van der Waals surface area contributed by atoms with E-state index >= 15 is 0 Å². The fraction of sp³-hybridized carbons (Fsp3) is 0. The lowest BCUT2D eigenvalue weighted by molar-refractivity contribution is 1.00. The molecule has 1 heterocycles. The first-order chi connectivity index (χ1) is 11.7. The molecule has 24 heavy (non-hydrogen) atoms. The molecule has 2 aromatic carbocycles. The molecule has 4 heteroatoms. The summed E-state index contributed by atoms with van der Waals surface area (Å²) in [5.41, 5.74) is 1.19. The lowest BCUT2D eigenvalue weighted by atomic mass is 10.2. The van der Waals surface area contributed by atoms with E-state index in [0.717, 1.165) is 11.1 Å². The molecule has 0 aliphatic carbocycles. The van der Waals surface area contributed by atoms with Crippen LogP contribution in [-0.4, -0.2) is 9.97 Å². The van der Waals surface area contributed by atoms with Crippen LogP contribution < -0.4 is 21.8 Å². The zero-order valence-corrected chi connectivity index (χ0v) is 12.9. The van der Waals surface area contributed by atoms with Gasteiger partial charge in [-0.05, 0) is 23.3 Å². The van der Waals surface area contributed by atoms with E-state index in [-0.39, 0.29) is 21.8 Å². The Hall–Kier alpha value is -3.40. The summed E-state index contributed by atoms with van der Waals surface area (Å²) in [5, 5.41) is 0.452. The highest BCUT2D eigenvalue weighted by Gasteiger charge is 1.95. The van der Waals surface area contributed by atoms with Crippen LogP contribution in [0.15, 0.2) is 76.3 Å². The summed E-state index contributed by atoms with van der Waals surface area (Å²) in [5.74, 6) is 0. The normalized spacial score (nSPS) is 12.8. The number of benzene rings is 2. The summed E-state index contributed by atoms with van der Waals surface area (Å²) in [4.78, 5) is 29.5. The van der Waals surface area contributed by atoms with Gasteiger partial charge in [-0.25, -0.2) is 0 Å². The van der Waals surface area contributed by atoms with Crippen molar-refractivity contribution in [3.8, 4) is 0 Å². The van der Waals surface area contributed by atoms with Gasteiger partial charge >= 0.3 is 0 Å². The number of allylic oxidation sites excluding steroid dienone is 1. The SMILES string of the molecule is O=c1[nH]c(=Cc2ccccc2)c(=O)[nH]c1=CC=Cc1ccccc1. The third-order valence-electron chi connectivity index (χ3n) is 3.45. The van der Waals surface area contributed by atoms with Crippen LogP contribution >= 0.6 is 0 Å². The van der Waals surface area contributed by atoms with E-state index in [9.17, 15) is 9.59 Å². The van der Waals surface area contributed by atoms with Crippen LogP contribution in [0.5, 0.6) is 0 Å². The van der Waals surface area contributed by atoms with Gasteiger partial charge in [0, 0.05) is 0 Å². The van der Waals surface area contributed by atoms with Crippen molar-refractivity contribution in [3.05, 3.63) is 109 Å². The van der Waals surface area contributed by atoms with E-state index in [0.29, 0.717) is 0 Å². The number of H-pyrrole nitrogens is 2. The predicted octanol–water partition coefficient (Wildman–Crippen LogP) is 1.39. The summed E-state index contributed by atoms with van der Waals surface area (Å²) < 4.78 is 0. The number of aromatic nitrogens is 2. The first kappa shape index (κ1) is 15.5. The van der Waals surface area contributed by atoms with Crippen molar-refractivity contribution in [1.82, 2.24) is 9.97 Å². The van der Waals surface area contributed by atoms with Crippen molar-refractivity contribution in [1.29, 1.82) is 0 Å². The van der Waals surface area contributed by atoms with Crippen LogP contribution in [0, 0.1) is 0 Å². The van der Waals surface area contributed by atoms with Crippen LogP contribution in [0.3, 0.4) is 0 Å². The molecule has 0 radical (unpaired) electrons. The molecule has 0 saturated carbocycles. The minimum Gasteiger partial charge on any atom is -0.316 e. The Balaban J connectivity index is 1.98. The van der Waals surface area contributed by atoms with E-state index in [1.165, 1.54) is 0 Å². The number of nitrogens with one attached hydrogen (secondary N) is 2. The molecule has 3 rings (SSSR count). The molecule has 1 aromatic heterocycles. The lowest BCUT2D eigenvalue weighted by Gasteiger charge is -1.92. The van der Waals surface area contributed by atoms with Crippen LogP contribution in [0.1, 0.15) is 11.1 Å². The van der Waals surface area contributed by atoms with Crippen LogP contribution in [0.4, 0.5) is 0 Å². The van der Waals surface area contributed by atoms with Gasteiger partial charge in [0.15, 0.2) is 0 Å². The van der Waals surface area contributed by atoms with Gasteiger partial charge in [-0.2, -0.15) is 0 Å². The highest BCUT2D eigenvalue weighted by atomic mass is 16.1. The van der Waals surface area contributed by atoms with Crippen LogP contribution in [-0.2, 0) is 0 Å². The average molecular weight is 316 g/mol. The molecule has 4 nitrogen and oxygen atoms in total. The first-order valence-electron chi connectivity index (χ1n) is 7.55. The number of aromatic amines is 2. The average Bonchev–Trinajstić information content (AvgIpc) is 2.61. The second kappa shape index (κ2) is 7.24. The van der Waals surface area contributed by atoms with Crippen molar-refractivity contribution in [2.75, 3.05) is 0 Å². The van der Waals surface area contributed by atoms with E-state index in [2.05, 4.69) is 9.97 Å². The zero-order chi connectivity index (χ0) is 16.8. The Morgan fingerprint density at radius 3 is 1.88 bits per heavy atom. The molecule has 0 atom stereocenters. The quantitative estimate of drug-likeness (QED) is 0.767. The number of hydrogen-bond donors (Lipinski definition) is 2. The van der Waals surface area contributed by atoms with E-state index in [4.69, 9.17) is 0 Å². The maximum Gasteiger partial charge on any atom is 0.272 e. The maximum absolute atomic E-state index is 12.1. The molecule has 0 bridgehead atoms. The largest absolute Gasteiger partial charge is 0.316 e. The van der Waals surface area contributed by atoms with Gasteiger partial charge in [0.2, 0.25) is 0 Å². The van der Waals surface area contributed by atoms with Gasteiger partial charge in [0.1, 0.15) is 10.7 Å². The minimum absolute atomic E-state index is 0.220. The molecule has 0 fully saturated rings. The first-order valence-corrected chi connectivity index (χ1v) is 7.55. The number of hydrogen-bond acceptors (Lipinski definition) is 2. The van der Waals surface area contributed by atoms with Crippen molar-refractivity contribution >= 4 is 18.2 Å². The second-order valence-corrected chi connectivity index (χ2v) is 5.23. The fourth-order valence-electron chi connectivity index (χ4n) is 2.25. The molecule has 3 aromatic rings. The maximum atomic E-state index is 12.1. The third-order valence-corrected chi connectivity index (χ3v) is 3.45. The second-order valence-electron chi connectivity index (χ2n) is 5.23. The van der Waals surface area contributed by atoms with Gasteiger partial charge in [-0.1, -0.05) is 72.8 Å². The highest BCUT2D eigenvalue weighted by molar-refractivity contribution is 5.56. The number of rotatable bonds is 3. The van der Waals surface area contributed by atoms with Gasteiger partial charge in [-0.3, -0.25) is 9.59 Å². The summed E-state index contributed by atoms with van der Waals surface area (Å²) in [6.45, 7) is 0. The Bertz CT molecular complexity index is 1080. The van der Waals surface area contributed by atoms with E-state index in [1.54, 1.807) is 18.2 Å². The molecular weight excluding hydrogens is 300 g/mol. The van der Waals surface area contributed by atoms with Gasteiger partial charge in [0.05, 0.1) is 0 Å².